The molecule has 0 spiro atoms. The van der Waals surface area contributed by atoms with Gasteiger partial charge in [-0.05, 0) is 30.8 Å². The van der Waals surface area contributed by atoms with Gasteiger partial charge in [0.05, 0.1) is 0 Å². The van der Waals surface area contributed by atoms with Crippen LogP contribution in [0.4, 0.5) is 0 Å². The predicted molar refractivity (Wildman–Crippen MR) is 69.1 cm³/mol. The van der Waals surface area contributed by atoms with Gasteiger partial charge in [-0.2, -0.15) is 5.10 Å². The fourth-order valence-corrected chi connectivity index (χ4v) is 1.88. The van der Waals surface area contributed by atoms with Gasteiger partial charge in [-0.3, -0.25) is 14.9 Å². The number of amides is 1. The number of hydrogen-bond acceptors (Lipinski definition) is 4. The van der Waals surface area contributed by atoms with Crippen LogP contribution in [0.25, 0.3) is 11.4 Å². The summed E-state index contributed by atoms with van der Waals surface area (Å²) in [4.78, 5) is 14.7. The maximum absolute atomic E-state index is 10.7. The smallest absolute Gasteiger partial charge is 0.217 e. The Hall–Kier alpha value is -2.02. The van der Waals surface area contributed by atoms with Crippen molar-refractivity contribution in [2.45, 2.75) is 19.4 Å². The normalized spacial score (nSPS) is 10.4. The summed E-state index contributed by atoms with van der Waals surface area (Å²) in [5.41, 5.74) is 6.04. The van der Waals surface area contributed by atoms with Gasteiger partial charge in [-0.25, -0.2) is 0 Å². The van der Waals surface area contributed by atoms with Crippen LogP contribution in [0.5, 0.6) is 0 Å². The van der Waals surface area contributed by atoms with Gasteiger partial charge in [-0.15, -0.1) is 0 Å². The number of pyridine rings is 1. The second kappa shape index (κ2) is 5.54. The molecule has 2 rings (SSSR count). The number of hydrogen-bond donors (Lipinski definition) is 2. The van der Waals surface area contributed by atoms with E-state index in [1.54, 1.807) is 12.4 Å². The van der Waals surface area contributed by atoms with Crippen LogP contribution in [0.15, 0.2) is 24.5 Å². The lowest BCUT2D eigenvalue weighted by Crippen LogP contribution is -2.11. The Morgan fingerprint density at radius 1 is 1.44 bits per heavy atom. The molecule has 2 heterocycles. The highest BCUT2D eigenvalue weighted by Crippen LogP contribution is 2.16. The lowest BCUT2D eigenvalue weighted by Gasteiger charge is -2.05. The first-order valence-electron chi connectivity index (χ1n) is 5.52. The molecular weight excluding hydrogens is 250 g/mol. The standard InChI is InChI=1S/C11H13N5OS/c12-9(17)2-1-7-16-10(14-15-11(16)18)8-3-5-13-6-4-8/h3-6H,1-2,7H2,(H2,12,17)(H,15,18). The van der Waals surface area contributed by atoms with Crippen molar-refractivity contribution in [2.75, 3.05) is 0 Å². The molecule has 18 heavy (non-hydrogen) atoms. The van der Waals surface area contributed by atoms with E-state index < -0.39 is 0 Å². The fraction of sp³-hybridized carbons (Fsp3) is 0.273. The highest BCUT2D eigenvalue weighted by molar-refractivity contribution is 7.71. The number of nitrogens with two attached hydrogens (primary N) is 1. The average Bonchev–Trinajstić information content (AvgIpc) is 2.72. The van der Waals surface area contributed by atoms with Gasteiger partial charge in [-0.1, -0.05) is 0 Å². The first-order chi connectivity index (χ1) is 8.68. The third kappa shape index (κ3) is 2.80. The minimum absolute atomic E-state index is 0.310. The molecule has 2 aromatic heterocycles. The van der Waals surface area contributed by atoms with Crippen molar-refractivity contribution in [3.63, 3.8) is 0 Å². The van der Waals surface area contributed by atoms with E-state index in [4.69, 9.17) is 18.0 Å². The molecule has 0 aliphatic heterocycles. The van der Waals surface area contributed by atoms with Crippen molar-refractivity contribution in [1.82, 2.24) is 19.7 Å². The Kier molecular flexibility index (Phi) is 3.83. The molecule has 0 unspecified atom stereocenters. The second-order valence-electron chi connectivity index (χ2n) is 3.81. The summed E-state index contributed by atoms with van der Waals surface area (Å²) in [5.74, 6) is 0.433. The molecule has 0 radical (unpaired) electrons. The highest BCUT2D eigenvalue weighted by atomic mass is 32.1. The van der Waals surface area contributed by atoms with E-state index in [-0.39, 0.29) is 5.91 Å². The number of H-pyrrole nitrogens is 1. The van der Waals surface area contributed by atoms with Crippen molar-refractivity contribution in [1.29, 1.82) is 0 Å². The number of aromatic amines is 1. The highest BCUT2D eigenvalue weighted by Gasteiger charge is 2.08. The zero-order valence-electron chi connectivity index (χ0n) is 9.67. The molecule has 2 aromatic rings. The van der Waals surface area contributed by atoms with E-state index in [1.807, 2.05) is 16.7 Å². The van der Waals surface area contributed by atoms with Crippen LogP contribution < -0.4 is 5.73 Å². The summed E-state index contributed by atoms with van der Waals surface area (Å²) in [5, 5.41) is 6.94. The number of primary amides is 1. The monoisotopic (exact) mass is 263 g/mol. The molecule has 3 N–H and O–H groups in total. The van der Waals surface area contributed by atoms with Crippen LogP contribution in [0.3, 0.4) is 0 Å². The molecular formula is C11H13N5OS. The van der Waals surface area contributed by atoms with E-state index in [0.29, 0.717) is 24.2 Å². The lowest BCUT2D eigenvalue weighted by atomic mass is 10.2. The summed E-state index contributed by atoms with van der Waals surface area (Å²) in [6.45, 7) is 0.607. The number of nitrogens with one attached hydrogen (secondary N) is 1. The van der Waals surface area contributed by atoms with Gasteiger partial charge in [0, 0.05) is 30.9 Å². The number of carbonyl (C=O) groups excluding carboxylic acids is 1. The largest absolute Gasteiger partial charge is 0.370 e. The molecule has 0 fully saturated rings. The van der Waals surface area contributed by atoms with Crippen molar-refractivity contribution in [3.8, 4) is 11.4 Å². The summed E-state index contributed by atoms with van der Waals surface area (Å²) >= 11 is 5.16. The summed E-state index contributed by atoms with van der Waals surface area (Å²) in [6, 6.07) is 3.71. The van der Waals surface area contributed by atoms with E-state index in [9.17, 15) is 4.79 Å². The van der Waals surface area contributed by atoms with Crippen LogP contribution in [0.2, 0.25) is 0 Å². The molecule has 0 atom stereocenters. The Labute approximate surface area is 109 Å². The van der Waals surface area contributed by atoms with Gasteiger partial charge in [0.1, 0.15) is 0 Å². The molecule has 0 saturated carbocycles. The molecule has 94 valence electrons. The van der Waals surface area contributed by atoms with Gasteiger partial charge in [0.2, 0.25) is 5.91 Å². The summed E-state index contributed by atoms with van der Waals surface area (Å²) in [6.07, 6.45) is 4.37. The van der Waals surface area contributed by atoms with E-state index in [0.717, 1.165) is 11.4 Å². The Morgan fingerprint density at radius 2 is 2.17 bits per heavy atom. The van der Waals surface area contributed by atoms with Crippen LogP contribution in [0, 0.1) is 4.77 Å². The molecule has 0 aliphatic rings. The number of aromatic nitrogens is 4. The van der Waals surface area contributed by atoms with Crippen molar-refractivity contribution < 1.29 is 4.79 Å². The molecule has 0 bridgehead atoms. The van der Waals surface area contributed by atoms with Crippen molar-refractivity contribution in [3.05, 3.63) is 29.3 Å². The topological polar surface area (TPSA) is 89.6 Å². The minimum Gasteiger partial charge on any atom is -0.370 e. The van der Waals surface area contributed by atoms with Crippen LogP contribution in [-0.4, -0.2) is 25.7 Å². The quantitative estimate of drug-likeness (QED) is 0.795. The maximum atomic E-state index is 10.7. The Balaban J connectivity index is 2.22. The lowest BCUT2D eigenvalue weighted by molar-refractivity contribution is -0.118. The molecule has 6 nitrogen and oxygen atoms in total. The maximum Gasteiger partial charge on any atom is 0.217 e. The molecule has 0 saturated heterocycles. The Morgan fingerprint density at radius 3 is 2.83 bits per heavy atom. The molecule has 0 aromatic carbocycles. The molecule has 0 aliphatic carbocycles. The third-order valence-corrected chi connectivity index (χ3v) is 2.81. The zero-order chi connectivity index (χ0) is 13.0. The van der Waals surface area contributed by atoms with E-state index in [1.165, 1.54) is 0 Å². The summed E-state index contributed by atoms with van der Waals surface area (Å²) < 4.78 is 2.39. The first-order valence-corrected chi connectivity index (χ1v) is 5.93. The molecule has 1 amide bonds. The SMILES string of the molecule is NC(=O)CCCn1c(-c2ccncc2)n[nH]c1=S. The third-order valence-electron chi connectivity index (χ3n) is 2.50. The average molecular weight is 263 g/mol. The van der Waals surface area contributed by atoms with Gasteiger partial charge in [0.15, 0.2) is 10.6 Å². The fourth-order valence-electron chi connectivity index (χ4n) is 1.66. The Bertz CT molecular complexity index is 589. The number of carbonyl (C=O) groups is 1. The van der Waals surface area contributed by atoms with Crippen molar-refractivity contribution in [2.24, 2.45) is 5.73 Å². The summed E-state index contributed by atoms with van der Waals surface area (Å²) in [7, 11) is 0. The predicted octanol–water partition coefficient (Wildman–Crippen LogP) is 1.27. The van der Waals surface area contributed by atoms with Crippen LogP contribution in [0.1, 0.15) is 12.8 Å². The van der Waals surface area contributed by atoms with Gasteiger partial charge < -0.3 is 10.3 Å². The van der Waals surface area contributed by atoms with Crippen LogP contribution in [-0.2, 0) is 11.3 Å². The molecule has 7 heteroatoms. The first kappa shape index (κ1) is 12.4. The zero-order valence-corrected chi connectivity index (χ0v) is 10.5. The van der Waals surface area contributed by atoms with E-state index in [2.05, 4.69) is 15.2 Å². The van der Waals surface area contributed by atoms with Crippen molar-refractivity contribution >= 4 is 18.1 Å². The van der Waals surface area contributed by atoms with Gasteiger partial charge in [0.25, 0.3) is 0 Å². The van der Waals surface area contributed by atoms with Crippen LogP contribution >= 0.6 is 12.2 Å². The number of rotatable bonds is 5. The van der Waals surface area contributed by atoms with E-state index >= 15 is 0 Å². The minimum atomic E-state index is -0.310. The number of nitrogens with zero attached hydrogens (tertiary/aromatic N) is 3. The second-order valence-corrected chi connectivity index (χ2v) is 4.20. The van der Waals surface area contributed by atoms with Gasteiger partial charge >= 0.3 is 0 Å².